The topological polar surface area (TPSA) is 108 Å². The van der Waals surface area contributed by atoms with Gasteiger partial charge in [-0.15, -0.1) is 0 Å². The number of rotatable bonds is 5. The second-order valence-electron chi connectivity index (χ2n) is 5.87. The molecular weight excluding hydrogens is 417 g/mol. The molecule has 0 bridgehead atoms. The standard InChI is InChI=1S/C20H13Cl2N3O4/c21-14-3-1-2-12(8-14)20(27)24-17-6-4-16(5-7-17)23-11-13-9-15(22)10-18(19(13)26)25(28)29/h1-11,26H,(H,24,27)/p-1. The smallest absolute Gasteiger partial charge is 0.263 e. The van der Waals surface area contributed by atoms with Crippen LogP contribution in [0.15, 0.2) is 65.7 Å². The molecule has 0 atom stereocenters. The number of benzene rings is 3. The maximum atomic E-state index is 12.2. The van der Waals surface area contributed by atoms with Crippen LogP contribution in [0.4, 0.5) is 17.1 Å². The van der Waals surface area contributed by atoms with Crippen LogP contribution < -0.4 is 10.4 Å². The number of aliphatic imine (C=N–C) groups is 1. The van der Waals surface area contributed by atoms with Crippen LogP contribution >= 0.6 is 23.2 Å². The fourth-order valence-corrected chi connectivity index (χ4v) is 2.85. The summed E-state index contributed by atoms with van der Waals surface area (Å²) in [6.45, 7) is 0. The van der Waals surface area contributed by atoms with Gasteiger partial charge in [0, 0.05) is 33.6 Å². The predicted molar refractivity (Wildman–Crippen MR) is 111 cm³/mol. The first-order valence-corrected chi connectivity index (χ1v) is 8.95. The van der Waals surface area contributed by atoms with E-state index in [1.54, 1.807) is 48.5 Å². The molecule has 0 aliphatic heterocycles. The molecule has 0 spiro atoms. The summed E-state index contributed by atoms with van der Waals surface area (Å²) in [5.74, 6) is -1.08. The first-order valence-electron chi connectivity index (χ1n) is 8.19. The van der Waals surface area contributed by atoms with Gasteiger partial charge in [0.25, 0.3) is 11.6 Å². The highest BCUT2D eigenvalue weighted by Gasteiger charge is 2.11. The fourth-order valence-electron chi connectivity index (χ4n) is 2.44. The highest BCUT2D eigenvalue weighted by Crippen LogP contribution is 2.30. The minimum Gasteiger partial charge on any atom is -0.867 e. The van der Waals surface area contributed by atoms with Crippen molar-refractivity contribution in [2.24, 2.45) is 4.99 Å². The lowest BCUT2D eigenvalue weighted by molar-refractivity contribution is -0.398. The van der Waals surface area contributed by atoms with Gasteiger partial charge in [0.15, 0.2) is 0 Å². The number of amides is 1. The highest BCUT2D eigenvalue weighted by atomic mass is 35.5. The second-order valence-corrected chi connectivity index (χ2v) is 6.74. The fraction of sp³-hybridized carbons (Fsp3) is 0. The lowest BCUT2D eigenvalue weighted by Gasteiger charge is -2.10. The van der Waals surface area contributed by atoms with Gasteiger partial charge in [-0.1, -0.05) is 29.3 Å². The zero-order valence-electron chi connectivity index (χ0n) is 14.6. The van der Waals surface area contributed by atoms with Crippen molar-refractivity contribution in [1.29, 1.82) is 0 Å². The molecule has 0 radical (unpaired) electrons. The molecule has 0 fully saturated rings. The van der Waals surface area contributed by atoms with Gasteiger partial charge in [-0.2, -0.15) is 0 Å². The van der Waals surface area contributed by atoms with Crippen LogP contribution in [-0.2, 0) is 0 Å². The summed E-state index contributed by atoms with van der Waals surface area (Å²) >= 11 is 11.7. The molecule has 0 aromatic heterocycles. The van der Waals surface area contributed by atoms with E-state index in [1.807, 2.05) is 0 Å². The van der Waals surface area contributed by atoms with Gasteiger partial charge < -0.3 is 10.4 Å². The maximum absolute atomic E-state index is 12.2. The van der Waals surface area contributed by atoms with E-state index in [0.717, 1.165) is 6.07 Å². The van der Waals surface area contributed by atoms with Crippen molar-refractivity contribution in [3.05, 3.63) is 92.0 Å². The Balaban J connectivity index is 1.74. The van der Waals surface area contributed by atoms with E-state index in [9.17, 15) is 20.0 Å². The summed E-state index contributed by atoms with van der Waals surface area (Å²) in [6, 6.07) is 15.4. The molecule has 7 nitrogen and oxygen atoms in total. The third kappa shape index (κ3) is 5.10. The Hall–Kier alpha value is -3.42. The van der Waals surface area contributed by atoms with Crippen molar-refractivity contribution in [3.8, 4) is 5.75 Å². The largest absolute Gasteiger partial charge is 0.867 e. The molecule has 0 unspecified atom stereocenters. The average molecular weight is 429 g/mol. The van der Waals surface area contributed by atoms with Gasteiger partial charge in [0.05, 0.1) is 10.6 Å². The lowest BCUT2D eigenvalue weighted by Crippen LogP contribution is -2.11. The zero-order valence-corrected chi connectivity index (χ0v) is 16.1. The molecule has 146 valence electrons. The predicted octanol–water partition coefficient (Wildman–Crippen LogP) is 4.98. The van der Waals surface area contributed by atoms with Crippen LogP contribution in [0.2, 0.25) is 10.0 Å². The molecular formula is C20H12Cl2N3O4-. The van der Waals surface area contributed by atoms with Gasteiger partial charge in [-0.05, 0) is 59.8 Å². The summed E-state index contributed by atoms with van der Waals surface area (Å²) in [7, 11) is 0. The van der Waals surface area contributed by atoms with Crippen molar-refractivity contribution < 1.29 is 14.8 Å². The van der Waals surface area contributed by atoms with Crippen LogP contribution in [0.3, 0.4) is 0 Å². The number of hydrogen-bond acceptors (Lipinski definition) is 5. The van der Waals surface area contributed by atoms with Gasteiger partial charge in [-0.25, -0.2) is 0 Å². The van der Waals surface area contributed by atoms with Crippen LogP contribution in [0.25, 0.3) is 0 Å². The van der Waals surface area contributed by atoms with Gasteiger partial charge in [0.1, 0.15) is 0 Å². The van der Waals surface area contributed by atoms with Crippen LogP contribution in [0.5, 0.6) is 5.75 Å². The number of halogens is 2. The summed E-state index contributed by atoms with van der Waals surface area (Å²) in [5, 5.41) is 26.2. The Morgan fingerprint density at radius 1 is 1.03 bits per heavy atom. The summed E-state index contributed by atoms with van der Waals surface area (Å²) in [6.07, 6.45) is 1.21. The minimum atomic E-state index is -0.789. The highest BCUT2D eigenvalue weighted by molar-refractivity contribution is 6.31. The second kappa shape index (κ2) is 8.72. The SMILES string of the molecule is O=C(Nc1ccc(N=Cc2cc(Cl)cc([N+](=O)[O-])c2[O-])cc1)c1cccc(Cl)c1. The molecule has 9 heteroatoms. The summed E-state index contributed by atoms with van der Waals surface area (Å²) in [4.78, 5) is 26.5. The van der Waals surface area contributed by atoms with E-state index in [0.29, 0.717) is 22.0 Å². The zero-order chi connectivity index (χ0) is 21.0. The van der Waals surface area contributed by atoms with Gasteiger partial charge in [0.2, 0.25) is 0 Å². The van der Waals surface area contributed by atoms with Crippen molar-refractivity contribution in [2.75, 3.05) is 5.32 Å². The number of nitrogens with one attached hydrogen (secondary N) is 1. The average Bonchev–Trinajstić information content (AvgIpc) is 2.69. The van der Waals surface area contributed by atoms with Crippen LogP contribution in [0.1, 0.15) is 15.9 Å². The Morgan fingerprint density at radius 2 is 1.76 bits per heavy atom. The van der Waals surface area contributed by atoms with E-state index < -0.39 is 16.4 Å². The normalized spacial score (nSPS) is 10.8. The molecule has 1 N–H and O–H groups in total. The van der Waals surface area contributed by atoms with Crippen molar-refractivity contribution >= 4 is 52.4 Å². The summed E-state index contributed by atoms with van der Waals surface area (Å²) < 4.78 is 0. The molecule has 0 saturated heterocycles. The Bertz CT molecular complexity index is 1120. The number of nitrogens with zero attached hydrogens (tertiary/aromatic N) is 2. The first-order chi connectivity index (χ1) is 13.8. The van der Waals surface area contributed by atoms with Crippen LogP contribution in [0, 0.1) is 10.1 Å². The molecule has 1 amide bonds. The first kappa shape index (κ1) is 20.3. The number of hydrogen-bond donors (Lipinski definition) is 1. The maximum Gasteiger partial charge on any atom is 0.263 e. The number of carbonyl (C=O) groups is 1. The van der Waals surface area contributed by atoms with Crippen LogP contribution in [-0.4, -0.2) is 17.0 Å². The van der Waals surface area contributed by atoms with E-state index in [1.165, 1.54) is 12.3 Å². The molecule has 0 aliphatic carbocycles. The third-order valence-electron chi connectivity index (χ3n) is 3.82. The monoisotopic (exact) mass is 428 g/mol. The molecule has 29 heavy (non-hydrogen) atoms. The minimum absolute atomic E-state index is 0.00235. The molecule has 3 rings (SSSR count). The number of carbonyl (C=O) groups excluding carboxylic acids is 1. The third-order valence-corrected chi connectivity index (χ3v) is 4.28. The van der Waals surface area contributed by atoms with E-state index in [4.69, 9.17) is 23.2 Å². The Morgan fingerprint density at radius 3 is 2.41 bits per heavy atom. The molecule has 3 aromatic carbocycles. The lowest BCUT2D eigenvalue weighted by atomic mass is 10.2. The van der Waals surface area contributed by atoms with Crippen molar-refractivity contribution in [2.45, 2.75) is 0 Å². The van der Waals surface area contributed by atoms with Crippen molar-refractivity contribution in [3.63, 3.8) is 0 Å². The molecule has 0 heterocycles. The quantitative estimate of drug-likeness (QED) is 0.351. The van der Waals surface area contributed by atoms with E-state index in [2.05, 4.69) is 10.3 Å². The number of anilines is 1. The number of nitro benzene ring substituents is 1. The van der Waals surface area contributed by atoms with Crippen molar-refractivity contribution in [1.82, 2.24) is 0 Å². The van der Waals surface area contributed by atoms with E-state index >= 15 is 0 Å². The van der Waals surface area contributed by atoms with Gasteiger partial charge in [-0.3, -0.25) is 19.9 Å². The van der Waals surface area contributed by atoms with Gasteiger partial charge >= 0.3 is 0 Å². The Labute approximate surface area is 175 Å². The number of nitro groups is 1. The molecule has 0 aliphatic rings. The molecule has 0 saturated carbocycles. The van der Waals surface area contributed by atoms with E-state index in [-0.39, 0.29) is 16.5 Å². The summed E-state index contributed by atoms with van der Waals surface area (Å²) in [5.41, 5.74) is 0.829. The Kier molecular flexibility index (Phi) is 6.11. The molecule has 3 aromatic rings.